The Hall–Kier alpha value is -0.360. The van der Waals surface area contributed by atoms with Gasteiger partial charge in [-0.3, -0.25) is 13.9 Å². The zero-order valence-electron chi connectivity index (χ0n) is 8.27. The Morgan fingerprint density at radius 2 is 2.14 bits per heavy atom. The first-order valence-corrected chi connectivity index (χ1v) is 5.87. The molecule has 0 spiro atoms. The molecule has 0 radical (unpaired) electrons. The van der Waals surface area contributed by atoms with Gasteiger partial charge in [0.05, 0.1) is 0 Å². The van der Waals surface area contributed by atoms with Crippen LogP contribution in [-0.4, -0.2) is 39.3 Å². The Balaban J connectivity index is 4.31. The fourth-order valence-corrected chi connectivity index (χ4v) is 1.77. The topological polar surface area (TPSA) is 57.6 Å². The van der Waals surface area contributed by atoms with E-state index in [1.165, 1.54) is 16.3 Å². The maximum atomic E-state index is 11.6. The van der Waals surface area contributed by atoms with Crippen molar-refractivity contribution in [2.75, 3.05) is 18.1 Å². The number of carboxylic acid groups (broad SMARTS) is 1. The number of hydrogen-bond donors (Lipinski definition) is 2. The SMILES string of the molecule is CCSN(CC(=O)O)C(=O)C(C)CS. The van der Waals surface area contributed by atoms with Crippen molar-refractivity contribution in [2.24, 2.45) is 5.92 Å². The van der Waals surface area contributed by atoms with Crippen molar-refractivity contribution < 1.29 is 14.7 Å². The standard InChI is InChI=1S/C8H15NO3S2/c1-3-14-9(4-7(10)11)8(12)6(2)5-13/h6,13H,3-5H2,1-2H3,(H,10,11). The van der Waals surface area contributed by atoms with Gasteiger partial charge < -0.3 is 5.11 Å². The van der Waals surface area contributed by atoms with Gasteiger partial charge in [0.2, 0.25) is 5.91 Å². The third-order valence-electron chi connectivity index (χ3n) is 1.51. The van der Waals surface area contributed by atoms with E-state index >= 15 is 0 Å². The van der Waals surface area contributed by atoms with Gasteiger partial charge in [0.1, 0.15) is 6.54 Å². The fourth-order valence-electron chi connectivity index (χ4n) is 0.790. The van der Waals surface area contributed by atoms with Crippen LogP contribution >= 0.6 is 24.6 Å². The Labute approximate surface area is 93.6 Å². The molecule has 0 bridgehead atoms. The summed E-state index contributed by atoms with van der Waals surface area (Å²) in [4.78, 5) is 22.1. The molecule has 1 N–H and O–H groups in total. The maximum Gasteiger partial charge on any atom is 0.324 e. The van der Waals surface area contributed by atoms with Crippen LogP contribution in [0.4, 0.5) is 0 Å². The van der Waals surface area contributed by atoms with E-state index in [1.807, 2.05) is 6.92 Å². The van der Waals surface area contributed by atoms with E-state index in [2.05, 4.69) is 12.6 Å². The van der Waals surface area contributed by atoms with E-state index < -0.39 is 5.97 Å². The van der Waals surface area contributed by atoms with E-state index in [9.17, 15) is 9.59 Å². The number of thiol groups is 1. The quantitative estimate of drug-likeness (QED) is 0.537. The summed E-state index contributed by atoms with van der Waals surface area (Å²) < 4.78 is 1.28. The molecule has 6 heteroatoms. The third kappa shape index (κ3) is 4.76. The summed E-state index contributed by atoms with van der Waals surface area (Å²) in [6, 6.07) is 0. The highest BCUT2D eigenvalue weighted by atomic mass is 32.2. The molecular weight excluding hydrogens is 222 g/mol. The summed E-state index contributed by atoms with van der Waals surface area (Å²) in [7, 11) is 0. The number of aliphatic carboxylic acids is 1. The largest absolute Gasteiger partial charge is 0.480 e. The molecule has 0 aliphatic heterocycles. The molecule has 1 atom stereocenters. The monoisotopic (exact) mass is 237 g/mol. The second-order valence-electron chi connectivity index (χ2n) is 2.77. The van der Waals surface area contributed by atoms with Crippen LogP contribution in [0.25, 0.3) is 0 Å². The number of carbonyl (C=O) groups is 2. The van der Waals surface area contributed by atoms with Gasteiger partial charge in [-0.1, -0.05) is 13.8 Å². The number of carbonyl (C=O) groups excluding carboxylic acids is 1. The molecule has 0 aliphatic rings. The molecule has 0 aliphatic carbocycles. The van der Waals surface area contributed by atoms with Crippen LogP contribution in [0.3, 0.4) is 0 Å². The van der Waals surface area contributed by atoms with Crippen LogP contribution in [0, 0.1) is 5.92 Å². The lowest BCUT2D eigenvalue weighted by molar-refractivity contribution is -0.141. The van der Waals surface area contributed by atoms with Gasteiger partial charge >= 0.3 is 5.97 Å². The van der Waals surface area contributed by atoms with Crippen molar-refractivity contribution in [3.8, 4) is 0 Å². The molecule has 0 aromatic carbocycles. The number of hydrogen-bond acceptors (Lipinski definition) is 4. The second-order valence-corrected chi connectivity index (χ2v) is 4.41. The highest BCUT2D eigenvalue weighted by Crippen LogP contribution is 2.14. The summed E-state index contributed by atoms with van der Waals surface area (Å²) in [6.45, 7) is 3.36. The van der Waals surface area contributed by atoms with E-state index in [4.69, 9.17) is 5.11 Å². The smallest absolute Gasteiger partial charge is 0.324 e. The first-order valence-electron chi connectivity index (χ1n) is 4.29. The zero-order chi connectivity index (χ0) is 11.1. The van der Waals surface area contributed by atoms with Gasteiger partial charge in [-0.2, -0.15) is 12.6 Å². The molecule has 0 heterocycles. The van der Waals surface area contributed by atoms with Gasteiger partial charge in [-0.05, 0) is 11.9 Å². The van der Waals surface area contributed by atoms with Gasteiger partial charge in [-0.25, -0.2) is 0 Å². The molecule has 0 aromatic heterocycles. The summed E-state index contributed by atoms with van der Waals surface area (Å²) in [5.41, 5.74) is 0. The number of rotatable bonds is 6. The van der Waals surface area contributed by atoms with Crippen LogP contribution in [-0.2, 0) is 9.59 Å². The van der Waals surface area contributed by atoms with Crippen molar-refractivity contribution in [1.29, 1.82) is 0 Å². The van der Waals surface area contributed by atoms with E-state index in [-0.39, 0.29) is 18.4 Å². The summed E-state index contributed by atoms with van der Waals surface area (Å²) in [6.07, 6.45) is 0. The van der Waals surface area contributed by atoms with Gasteiger partial charge in [0, 0.05) is 17.4 Å². The zero-order valence-corrected chi connectivity index (χ0v) is 9.98. The second kappa shape index (κ2) is 7.00. The molecule has 0 saturated carbocycles. The van der Waals surface area contributed by atoms with E-state index in [1.54, 1.807) is 6.92 Å². The van der Waals surface area contributed by atoms with Crippen molar-refractivity contribution >= 4 is 36.5 Å². The highest BCUT2D eigenvalue weighted by molar-refractivity contribution is 7.97. The van der Waals surface area contributed by atoms with Gasteiger partial charge in [0.25, 0.3) is 0 Å². The van der Waals surface area contributed by atoms with Crippen molar-refractivity contribution in [3.63, 3.8) is 0 Å². The van der Waals surface area contributed by atoms with Crippen LogP contribution in [0.5, 0.6) is 0 Å². The van der Waals surface area contributed by atoms with Crippen LogP contribution in [0.1, 0.15) is 13.8 Å². The molecule has 1 amide bonds. The van der Waals surface area contributed by atoms with E-state index in [0.29, 0.717) is 11.5 Å². The minimum atomic E-state index is -0.995. The lowest BCUT2D eigenvalue weighted by Gasteiger charge is -2.21. The molecule has 82 valence electrons. The lowest BCUT2D eigenvalue weighted by atomic mass is 10.2. The van der Waals surface area contributed by atoms with E-state index in [0.717, 1.165) is 0 Å². The molecule has 0 rings (SSSR count). The Kier molecular flexibility index (Phi) is 6.82. The molecule has 0 saturated heterocycles. The molecule has 4 nitrogen and oxygen atoms in total. The lowest BCUT2D eigenvalue weighted by Crippen LogP contribution is -2.34. The molecular formula is C8H15NO3S2. The van der Waals surface area contributed by atoms with Gasteiger partial charge in [-0.15, -0.1) is 0 Å². The average molecular weight is 237 g/mol. The van der Waals surface area contributed by atoms with Crippen molar-refractivity contribution in [2.45, 2.75) is 13.8 Å². The Bertz CT molecular complexity index is 211. The third-order valence-corrected chi connectivity index (χ3v) is 2.93. The first-order chi connectivity index (χ1) is 6.52. The number of amides is 1. The summed E-state index contributed by atoms with van der Waals surface area (Å²) >= 11 is 5.23. The minimum absolute atomic E-state index is 0.172. The normalized spacial score (nSPS) is 12.2. The Morgan fingerprint density at radius 3 is 2.50 bits per heavy atom. The number of carboxylic acids is 1. The first kappa shape index (κ1) is 13.6. The van der Waals surface area contributed by atoms with Crippen LogP contribution < -0.4 is 0 Å². The van der Waals surface area contributed by atoms with Crippen molar-refractivity contribution in [3.05, 3.63) is 0 Å². The summed E-state index contributed by atoms with van der Waals surface area (Å²) in [5, 5.41) is 8.59. The minimum Gasteiger partial charge on any atom is -0.480 e. The molecule has 0 fully saturated rings. The predicted molar refractivity (Wildman–Crippen MR) is 60.5 cm³/mol. The van der Waals surface area contributed by atoms with Crippen LogP contribution in [0.2, 0.25) is 0 Å². The molecule has 14 heavy (non-hydrogen) atoms. The highest BCUT2D eigenvalue weighted by Gasteiger charge is 2.21. The number of nitrogens with zero attached hydrogens (tertiary/aromatic N) is 1. The summed E-state index contributed by atoms with van der Waals surface area (Å²) in [5.74, 6) is -0.297. The van der Waals surface area contributed by atoms with Crippen LogP contribution in [0.15, 0.2) is 0 Å². The molecule has 1 unspecified atom stereocenters. The average Bonchev–Trinajstić information content (AvgIpc) is 2.14. The van der Waals surface area contributed by atoms with Gasteiger partial charge in [0.15, 0.2) is 0 Å². The Morgan fingerprint density at radius 1 is 1.57 bits per heavy atom. The molecule has 0 aromatic rings. The maximum absolute atomic E-state index is 11.6. The predicted octanol–water partition coefficient (Wildman–Crippen LogP) is 1.13. The fraction of sp³-hybridized carbons (Fsp3) is 0.750. The van der Waals surface area contributed by atoms with Crippen molar-refractivity contribution in [1.82, 2.24) is 4.31 Å².